The second-order valence-corrected chi connectivity index (χ2v) is 12.3. The zero-order valence-electron chi connectivity index (χ0n) is 24.7. The average molecular weight is 598 g/mol. The largest absolute Gasteiger partial charge is 0.385 e. The van der Waals surface area contributed by atoms with E-state index in [4.69, 9.17) is 0 Å². The molecule has 0 aliphatic heterocycles. The maximum atomic E-state index is 13.3. The molecule has 1 atom stereocenters. The highest BCUT2D eigenvalue weighted by molar-refractivity contribution is 7.99. The van der Waals surface area contributed by atoms with E-state index in [9.17, 15) is 13.8 Å². The molecule has 10 nitrogen and oxygen atoms in total. The van der Waals surface area contributed by atoms with Crippen LogP contribution >= 0.6 is 0 Å². The van der Waals surface area contributed by atoms with Gasteiger partial charge in [0.1, 0.15) is 5.69 Å². The van der Waals surface area contributed by atoms with E-state index in [1.165, 1.54) is 17.1 Å². The van der Waals surface area contributed by atoms with Crippen molar-refractivity contribution in [1.29, 1.82) is 0 Å². The Bertz CT molecular complexity index is 1780. The minimum absolute atomic E-state index is 0.204. The molecule has 2 amide bonds. The zero-order chi connectivity index (χ0) is 31.0. The van der Waals surface area contributed by atoms with Crippen molar-refractivity contribution in [1.82, 2.24) is 24.4 Å². The molecule has 0 aliphatic carbocycles. The molecule has 0 spiro atoms. The van der Waals surface area contributed by atoms with Crippen LogP contribution in [0.15, 0.2) is 78.0 Å². The molecule has 0 saturated heterocycles. The van der Waals surface area contributed by atoms with Crippen LogP contribution < -0.4 is 15.4 Å². The monoisotopic (exact) mass is 597 g/mol. The van der Waals surface area contributed by atoms with Crippen LogP contribution in [0.2, 0.25) is 0 Å². The van der Waals surface area contributed by atoms with Crippen molar-refractivity contribution in [3.63, 3.8) is 0 Å². The van der Waals surface area contributed by atoms with E-state index >= 15 is 0 Å². The van der Waals surface area contributed by atoms with Crippen molar-refractivity contribution in [2.24, 2.45) is 7.05 Å². The van der Waals surface area contributed by atoms with Gasteiger partial charge in [0, 0.05) is 53.4 Å². The number of nitrogens with one attached hydrogen (secondary N) is 3. The lowest BCUT2D eigenvalue weighted by Gasteiger charge is -2.13. The van der Waals surface area contributed by atoms with Crippen LogP contribution in [0.4, 0.5) is 11.4 Å². The number of benzene rings is 2. The fraction of sp³-hybridized carbons (Fsp3) is 0.219. The van der Waals surface area contributed by atoms with Gasteiger partial charge in [0.2, 0.25) is 0 Å². The van der Waals surface area contributed by atoms with Crippen molar-refractivity contribution < 1.29 is 13.8 Å². The third-order valence-electron chi connectivity index (χ3n) is 6.31. The SMILES string of the molecule is C=S(=O)(NC(=O)c1cncc(C#Cc2cccc(NC(=O)c3cc(C)nn3C)c2)c1)c1ccc(NCCCN(C)C)cc1. The highest BCUT2D eigenvalue weighted by Crippen LogP contribution is 2.16. The van der Waals surface area contributed by atoms with E-state index in [-0.39, 0.29) is 11.5 Å². The molecule has 2 heterocycles. The van der Waals surface area contributed by atoms with E-state index in [2.05, 4.69) is 48.0 Å². The minimum atomic E-state index is -3.10. The molecule has 0 bridgehead atoms. The van der Waals surface area contributed by atoms with Gasteiger partial charge in [-0.3, -0.25) is 24.0 Å². The quantitative estimate of drug-likeness (QED) is 0.145. The molecular formula is C32H35N7O3S. The summed E-state index contributed by atoms with van der Waals surface area (Å²) in [6.07, 6.45) is 3.91. The number of amides is 2. The summed E-state index contributed by atoms with van der Waals surface area (Å²) in [5, 5.41) is 10.4. The van der Waals surface area contributed by atoms with Gasteiger partial charge in [0.15, 0.2) is 0 Å². The first-order valence-electron chi connectivity index (χ1n) is 13.6. The molecule has 222 valence electrons. The first-order valence-corrected chi connectivity index (χ1v) is 15.3. The summed E-state index contributed by atoms with van der Waals surface area (Å²) in [6.45, 7) is 3.61. The first-order chi connectivity index (χ1) is 20.5. The van der Waals surface area contributed by atoms with Crippen LogP contribution in [0.1, 0.15) is 44.1 Å². The number of nitrogens with zero attached hydrogens (tertiary/aromatic N) is 4. The molecule has 0 saturated carbocycles. The van der Waals surface area contributed by atoms with Gasteiger partial charge in [-0.15, -0.1) is 0 Å². The Hall–Kier alpha value is -4.92. The second kappa shape index (κ2) is 13.8. The fourth-order valence-electron chi connectivity index (χ4n) is 4.16. The van der Waals surface area contributed by atoms with Gasteiger partial charge in [0.25, 0.3) is 11.8 Å². The standard InChI is InChI=1S/C32H35N7O3S/c1-23-18-30(39(4)36-23)32(41)35-28-9-6-8-24(20-28)10-11-25-19-26(22-33-21-25)31(40)37-43(5,42)29-14-12-27(13-15-29)34-16-7-17-38(2)3/h6,8-9,12-15,18-22,34H,5,7,16-17H2,1-4H3,(H,35,41)(H,37,40,42). The van der Waals surface area contributed by atoms with Crippen LogP contribution in [-0.4, -0.2) is 68.7 Å². The Morgan fingerprint density at radius 3 is 2.42 bits per heavy atom. The molecular weight excluding hydrogens is 562 g/mol. The molecule has 3 N–H and O–H groups in total. The van der Waals surface area contributed by atoms with Crippen molar-refractivity contribution in [3.8, 4) is 11.8 Å². The normalized spacial score (nSPS) is 12.1. The molecule has 11 heteroatoms. The van der Waals surface area contributed by atoms with Gasteiger partial charge in [-0.2, -0.15) is 5.10 Å². The Labute approximate surface area is 252 Å². The van der Waals surface area contributed by atoms with E-state index in [1.807, 2.05) is 39.2 Å². The molecule has 2 aromatic heterocycles. The highest BCUT2D eigenvalue weighted by atomic mass is 32.2. The third kappa shape index (κ3) is 8.78. The zero-order valence-corrected chi connectivity index (χ0v) is 25.5. The lowest BCUT2D eigenvalue weighted by molar-refractivity contribution is 0.0980. The van der Waals surface area contributed by atoms with Gasteiger partial charge in [-0.1, -0.05) is 17.9 Å². The minimum Gasteiger partial charge on any atom is -0.385 e. The maximum absolute atomic E-state index is 13.3. The number of hydrogen-bond donors (Lipinski definition) is 3. The number of rotatable bonds is 10. The third-order valence-corrected chi connectivity index (χ3v) is 7.86. The molecule has 43 heavy (non-hydrogen) atoms. The molecule has 4 rings (SSSR count). The van der Waals surface area contributed by atoms with Crippen molar-refractivity contribution in [2.45, 2.75) is 18.2 Å². The number of hydrogen-bond acceptors (Lipinski definition) is 7. The Morgan fingerprint density at radius 1 is 0.977 bits per heavy atom. The van der Waals surface area contributed by atoms with Crippen LogP contribution in [0.25, 0.3) is 0 Å². The average Bonchev–Trinajstić information content (AvgIpc) is 3.32. The van der Waals surface area contributed by atoms with E-state index in [0.717, 1.165) is 30.9 Å². The number of carbonyl (C=O) groups is 2. The van der Waals surface area contributed by atoms with Crippen molar-refractivity contribution >= 4 is 38.8 Å². The second-order valence-electron chi connectivity index (χ2n) is 10.3. The smallest absolute Gasteiger partial charge is 0.273 e. The first kappa shape index (κ1) is 31.0. The van der Waals surface area contributed by atoms with Crippen LogP contribution in [0.3, 0.4) is 0 Å². The predicted molar refractivity (Wildman–Crippen MR) is 172 cm³/mol. The Kier molecular flexibility index (Phi) is 9.98. The highest BCUT2D eigenvalue weighted by Gasteiger charge is 2.15. The summed E-state index contributed by atoms with van der Waals surface area (Å²) in [5.41, 5.74) is 4.04. The summed E-state index contributed by atoms with van der Waals surface area (Å²) >= 11 is 0. The fourth-order valence-corrected chi connectivity index (χ4v) is 5.27. The molecule has 0 aliphatic rings. The summed E-state index contributed by atoms with van der Waals surface area (Å²) in [7, 11) is 2.67. The molecule has 0 fully saturated rings. The number of pyridine rings is 1. The topological polar surface area (TPSA) is 121 Å². The molecule has 1 unspecified atom stereocenters. The van der Waals surface area contributed by atoms with Crippen molar-refractivity contribution in [2.75, 3.05) is 37.8 Å². The molecule has 0 radical (unpaired) electrons. The van der Waals surface area contributed by atoms with Gasteiger partial charge in [-0.05, 0) is 94.5 Å². The lowest BCUT2D eigenvalue weighted by Crippen LogP contribution is -2.30. The number of aromatic nitrogens is 3. The van der Waals surface area contributed by atoms with E-state index < -0.39 is 15.6 Å². The summed E-state index contributed by atoms with van der Waals surface area (Å²) < 4.78 is 17.3. The van der Waals surface area contributed by atoms with E-state index in [1.54, 1.807) is 49.5 Å². The van der Waals surface area contributed by atoms with Gasteiger partial charge >= 0.3 is 0 Å². The van der Waals surface area contributed by atoms with Crippen LogP contribution in [0.5, 0.6) is 0 Å². The predicted octanol–water partition coefficient (Wildman–Crippen LogP) is 3.56. The number of aryl methyl sites for hydroxylation is 2. The molecule has 2 aromatic carbocycles. The number of anilines is 2. The Morgan fingerprint density at radius 2 is 1.72 bits per heavy atom. The van der Waals surface area contributed by atoms with Crippen LogP contribution in [-0.2, 0) is 16.8 Å². The van der Waals surface area contributed by atoms with Gasteiger partial charge in [0.05, 0.1) is 21.0 Å². The van der Waals surface area contributed by atoms with Gasteiger partial charge < -0.3 is 15.5 Å². The van der Waals surface area contributed by atoms with E-state index in [0.29, 0.717) is 27.4 Å². The summed E-state index contributed by atoms with van der Waals surface area (Å²) in [6, 6.07) is 17.4. The maximum Gasteiger partial charge on any atom is 0.273 e. The Balaban J connectivity index is 1.39. The number of carbonyl (C=O) groups excluding carboxylic acids is 2. The van der Waals surface area contributed by atoms with Gasteiger partial charge in [-0.25, -0.2) is 4.21 Å². The molecule has 4 aromatic rings. The lowest BCUT2D eigenvalue weighted by atomic mass is 10.1. The van der Waals surface area contributed by atoms with Crippen LogP contribution in [0, 0.1) is 18.8 Å². The summed E-state index contributed by atoms with van der Waals surface area (Å²) in [4.78, 5) is 32.3. The summed E-state index contributed by atoms with van der Waals surface area (Å²) in [5.74, 6) is 8.94. The van der Waals surface area contributed by atoms with Crippen molar-refractivity contribution in [3.05, 3.63) is 101 Å².